The average Bonchev–Trinajstić information content (AvgIpc) is 2.61. The quantitative estimate of drug-likeness (QED) is 0.556. The highest BCUT2D eigenvalue weighted by molar-refractivity contribution is 5.78. The Morgan fingerprint density at radius 1 is 1.27 bits per heavy atom. The molecule has 0 aromatic carbocycles. The smallest absolute Gasteiger partial charge is 0.189 e. The summed E-state index contributed by atoms with van der Waals surface area (Å²) in [5, 5.41) is 3.31. The highest BCUT2D eigenvalue weighted by Crippen LogP contribution is 2.27. The van der Waals surface area contributed by atoms with E-state index in [2.05, 4.69) is 44.9 Å². The van der Waals surface area contributed by atoms with E-state index >= 15 is 0 Å². The van der Waals surface area contributed by atoms with E-state index in [1.807, 2.05) is 0 Å². The van der Waals surface area contributed by atoms with Crippen molar-refractivity contribution in [2.45, 2.75) is 65.5 Å². The van der Waals surface area contributed by atoms with Crippen LogP contribution < -0.4 is 11.1 Å². The lowest BCUT2D eigenvalue weighted by Crippen LogP contribution is -2.49. The van der Waals surface area contributed by atoms with E-state index in [4.69, 9.17) is 5.73 Å². The molecule has 1 rings (SSSR count). The van der Waals surface area contributed by atoms with Gasteiger partial charge in [0.1, 0.15) is 0 Å². The molecule has 88 valence electrons. The van der Waals surface area contributed by atoms with Crippen LogP contribution in [0.1, 0.15) is 53.9 Å². The number of hydrogen-bond acceptors (Lipinski definition) is 1. The van der Waals surface area contributed by atoms with Crippen LogP contribution in [-0.2, 0) is 0 Å². The van der Waals surface area contributed by atoms with Gasteiger partial charge in [0.05, 0.1) is 6.04 Å². The zero-order chi connectivity index (χ0) is 11.7. The van der Waals surface area contributed by atoms with Gasteiger partial charge in [-0.2, -0.15) is 0 Å². The molecule has 0 saturated heterocycles. The van der Waals surface area contributed by atoms with E-state index in [0.717, 1.165) is 6.42 Å². The molecule has 0 heterocycles. The van der Waals surface area contributed by atoms with Gasteiger partial charge >= 0.3 is 0 Å². The minimum absolute atomic E-state index is 0.0146. The van der Waals surface area contributed by atoms with Crippen LogP contribution in [-0.4, -0.2) is 17.5 Å². The van der Waals surface area contributed by atoms with Gasteiger partial charge < -0.3 is 11.1 Å². The summed E-state index contributed by atoms with van der Waals surface area (Å²) in [6.45, 7) is 11.1. The Morgan fingerprint density at radius 2 is 1.80 bits per heavy atom. The predicted octanol–water partition coefficient (Wildman–Crippen LogP) is 2.27. The molecule has 0 radical (unpaired) electrons. The highest BCUT2D eigenvalue weighted by atomic mass is 15.1. The number of nitrogens with one attached hydrogen (secondary N) is 1. The van der Waals surface area contributed by atoms with Crippen LogP contribution in [0.2, 0.25) is 0 Å². The molecule has 1 saturated carbocycles. The number of hydrogen-bond donors (Lipinski definition) is 2. The predicted molar refractivity (Wildman–Crippen MR) is 65.9 cm³/mol. The van der Waals surface area contributed by atoms with Gasteiger partial charge in [-0.05, 0) is 38.5 Å². The summed E-state index contributed by atoms with van der Waals surface area (Å²) >= 11 is 0. The zero-order valence-corrected chi connectivity index (χ0v) is 10.7. The molecule has 0 unspecified atom stereocenters. The molecule has 1 aliphatic rings. The molecule has 0 aromatic heterocycles. The molecular weight excluding hydrogens is 186 g/mol. The molecule has 3 N–H and O–H groups in total. The van der Waals surface area contributed by atoms with Crippen LogP contribution in [0.4, 0.5) is 0 Å². The minimum Gasteiger partial charge on any atom is -0.370 e. The van der Waals surface area contributed by atoms with Crippen molar-refractivity contribution >= 4 is 5.96 Å². The molecule has 0 aromatic rings. The Kier molecular flexibility index (Phi) is 3.31. The van der Waals surface area contributed by atoms with Crippen molar-refractivity contribution in [3.63, 3.8) is 0 Å². The van der Waals surface area contributed by atoms with Crippen LogP contribution >= 0.6 is 0 Å². The van der Waals surface area contributed by atoms with Crippen molar-refractivity contribution in [2.75, 3.05) is 0 Å². The van der Waals surface area contributed by atoms with Crippen molar-refractivity contribution in [2.24, 2.45) is 16.1 Å². The standard InChI is InChI=1S/C12H25N3/c1-11(2,3)8-12(4,5)15-10(13)14-9-6-7-9/h9H,6-8H2,1-5H3,(H3,13,14,15). The van der Waals surface area contributed by atoms with Crippen LogP contribution in [0.25, 0.3) is 0 Å². The Hall–Kier alpha value is -0.730. The largest absolute Gasteiger partial charge is 0.370 e. The topological polar surface area (TPSA) is 50.4 Å². The number of rotatable bonds is 3. The van der Waals surface area contributed by atoms with Crippen molar-refractivity contribution in [1.82, 2.24) is 5.32 Å². The van der Waals surface area contributed by atoms with Crippen LogP contribution in [0.5, 0.6) is 0 Å². The first-order valence-corrected chi connectivity index (χ1v) is 5.79. The van der Waals surface area contributed by atoms with E-state index in [9.17, 15) is 0 Å². The zero-order valence-electron chi connectivity index (χ0n) is 10.7. The van der Waals surface area contributed by atoms with E-state index in [-0.39, 0.29) is 5.54 Å². The molecule has 3 nitrogen and oxygen atoms in total. The van der Waals surface area contributed by atoms with Crippen molar-refractivity contribution in [3.8, 4) is 0 Å². The lowest BCUT2D eigenvalue weighted by Gasteiger charge is -2.33. The van der Waals surface area contributed by atoms with Gasteiger partial charge in [0, 0.05) is 5.54 Å². The summed E-state index contributed by atoms with van der Waals surface area (Å²) in [4.78, 5) is 4.39. The second kappa shape index (κ2) is 4.03. The van der Waals surface area contributed by atoms with Gasteiger partial charge in [-0.1, -0.05) is 20.8 Å². The summed E-state index contributed by atoms with van der Waals surface area (Å²) in [6.07, 6.45) is 3.46. The monoisotopic (exact) mass is 211 g/mol. The first-order chi connectivity index (χ1) is 6.68. The molecule has 0 bridgehead atoms. The summed E-state index contributed by atoms with van der Waals surface area (Å²) in [5.41, 5.74) is 6.18. The van der Waals surface area contributed by atoms with Gasteiger partial charge in [0.2, 0.25) is 0 Å². The van der Waals surface area contributed by atoms with Gasteiger partial charge in [-0.3, -0.25) is 4.99 Å². The van der Waals surface area contributed by atoms with E-state index in [1.54, 1.807) is 0 Å². The number of nitrogens with two attached hydrogens (primary N) is 1. The van der Waals surface area contributed by atoms with Crippen molar-refractivity contribution in [1.29, 1.82) is 0 Å². The Labute approximate surface area is 93.5 Å². The normalized spacial score (nSPS) is 19.1. The number of nitrogens with zero attached hydrogens (tertiary/aromatic N) is 1. The van der Waals surface area contributed by atoms with Crippen LogP contribution in [0.15, 0.2) is 4.99 Å². The molecule has 0 amide bonds. The summed E-state index contributed by atoms with van der Waals surface area (Å²) in [6, 6.07) is 0.489. The first kappa shape index (κ1) is 12.3. The highest BCUT2D eigenvalue weighted by Gasteiger charge is 2.27. The Balaban J connectivity index is 2.47. The molecule has 0 aliphatic heterocycles. The first-order valence-electron chi connectivity index (χ1n) is 5.79. The van der Waals surface area contributed by atoms with Gasteiger partial charge in [0.15, 0.2) is 5.96 Å². The molecule has 15 heavy (non-hydrogen) atoms. The summed E-state index contributed by atoms with van der Waals surface area (Å²) < 4.78 is 0. The van der Waals surface area contributed by atoms with E-state index in [1.165, 1.54) is 12.8 Å². The van der Waals surface area contributed by atoms with Gasteiger partial charge in [-0.15, -0.1) is 0 Å². The third kappa shape index (κ3) is 5.65. The van der Waals surface area contributed by atoms with Crippen LogP contribution in [0.3, 0.4) is 0 Å². The molecule has 1 fully saturated rings. The second-order valence-electron chi connectivity index (χ2n) is 6.49. The fraction of sp³-hybridized carbons (Fsp3) is 0.917. The van der Waals surface area contributed by atoms with Crippen LogP contribution in [0, 0.1) is 5.41 Å². The lowest BCUT2D eigenvalue weighted by molar-refractivity contribution is 0.266. The Morgan fingerprint density at radius 3 is 2.20 bits per heavy atom. The molecular formula is C12H25N3. The molecule has 0 atom stereocenters. The second-order valence-corrected chi connectivity index (χ2v) is 6.49. The maximum atomic E-state index is 5.86. The number of aliphatic imine (C=N–C) groups is 1. The molecule has 0 spiro atoms. The average molecular weight is 211 g/mol. The summed E-state index contributed by atoms with van der Waals surface area (Å²) in [7, 11) is 0. The Bertz CT molecular complexity index is 244. The fourth-order valence-corrected chi connectivity index (χ4v) is 2.15. The maximum Gasteiger partial charge on any atom is 0.189 e. The maximum absolute atomic E-state index is 5.86. The third-order valence-electron chi connectivity index (χ3n) is 2.31. The third-order valence-corrected chi connectivity index (χ3v) is 2.31. The van der Waals surface area contributed by atoms with Crippen molar-refractivity contribution in [3.05, 3.63) is 0 Å². The lowest BCUT2D eigenvalue weighted by atomic mass is 9.82. The van der Waals surface area contributed by atoms with E-state index < -0.39 is 0 Å². The van der Waals surface area contributed by atoms with Crippen molar-refractivity contribution < 1.29 is 0 Å². The number of guanidine groups is 1. The molecule has 3 heteroatoms. The van der Waals surface area contributed by atoms with Gasteiger partial charge in [0.25, 0.3) is 0 Å². The SMILES string of the molecule is CC(C)(C)CC(C)(C)NC(N)=NC1CC1. The minimum atomic E-state index is 0.0146. The van der Waals surface area contributed by atoms with Gasteiger partial charge in [-0.25, -0.2) is 0 Å². The summed E-state index contributed by atoms with van der Waals surface area (Å²) in [5.74, 6) is 0.603. The fourth-order valence-electron chi connectivity index (χ4n) is 2.15. The van der Waals surface area contributed by atoms with E-state index in [0.29, 0.717) is 17.4 Å². The molecule has 1 aliphatic carbocycles.